The fraction of sp³-hybridized carbons (Fsp3) is 0.455. The summed E-state index contributed by atoms with van der Waals surface area (Å²) in [4.78, 5) is 1.90. The highest BCUT2D eigenvalue weighted by atomic mass is 32.2. The summed E-state index contributed by atoms with van der Waals surface area (Å²) < 4.78 is 39.3. The lowest BCUT2D eigenvalue weighted by atomic mass is 10.3. The van der Waals surface area contributed by atoms with Crippen LogP contribution >= 0.6 is 0 Å². The number of piperazine rings is 1. The Bertz CT molecular complexity index is 539. The average molecular weight is 273 g/mol. The fourth-order valence-corrected chi connectivity index (χ4v) is 3.46. The van der Waals surface area contributed by atoms with Crippen LogP contribution in [-0.4, -0.2) is 50.8 Å². The molecule has 1 aliphatic heterocycles. The second kappa shape index (κ2) is 4.83. The quantitative estimate of drug-likeness (QED) is 0.789. The number of rotatable bonds is 2. The molecule has 0 atom stereocenters. The lowest BCUT2D eigenvalue weighted by Crippen LogP contribution is -2.47. The summed E-state index contributed by atoms with van der Waals surface area (Å²) in [6.45, 7) is 2.12. The molecule has 1 aromatic rings. The van der Waals surface area contributed by atoms with Crippen molar-refractivity contribution in [3.8, 4) is 0 Å². The van der Waals surface area contributed by atoms with E-state index >= 15 is 0 Å². The minimum absolute atomic E-state index is 0.146. The molecule has 0 spiro atoms. The number of nitrogen functional groups attached to an aromatic ring is 1. The standard InChI is InChI=1S/C11H16FN3O2S/c1-14-5-7-15(8-6-14)18(16,17)10-4-2-3-9(12)11(10)13/h2-4H,5-8,13H2,1H3. The van der Waals surface area contributed by atoms with E-state index in [4.69, 9.17) is 5.73 Å². The van der Waals surface area contributed by atoms with Gasteiger partial charge in [0.2, 0.25) is 10.0 Å². The van der Waals surface area contributed by atoms with E-state index in [1.165, 1.54) is 16.4 Å². The Hall–Kier alpha value is -1.18. The van der Waals surface area contributed by atoms with Gasteiger partial charge in [-0.1, -0.05) is 6.07 Å². The van der Waals surface area contributed by atoms with Gasteiger partial charge in [-0.2, -0.15) is 4.31 Å². The van der Waals surface area contributed by atoms with Crippen molar-refractivity contribution in [2.75, 3.05) is 39.0 Å². The summed E-state index contributed by atoms with van der Waals surface area (Å²) >= 11 is 0. The van der Waals surface area contributed by atoms with Gasteiger partial charge in [-0.15, -0.1) is 0 Å². The minimum Gasteiger partial charge on any atom is -0.395 e. The predicted octanol–water partition coefficient (Wildman–Crippen LogP) is 0.344. The molecule has 1 heterocycles. The summed E-state index contributed by atoms with van der Waals surface area (Å²) in [7, 11) is -1.77. The van der Waals surface area contributed by atoms with Gasteiger partial charge >= 0.3 is 0 Å². The lowest BCUT2D eigenvalue weighted by Gasteiger charge is -2.31. The SMILES string of the molecule is CN1CCN(S(=O)(=O)c2cccc(F)c2N)CC1. The van der Waals surface area contributed by atoms with Gasteiger partial charge < -0.3 is 10.6 Å². The Morgan fingerprint density at radius 3 is 2.44 bits per heavy atom. The minimum atomic E-state index is -3.70. The van der Waals surface area contributed by atoms with Crippen LogP contribution in [0.25, 0.3) is 0 Å². The zero-order valence-corrected chi connectivity index (χ0v) is 11.0. The van der Waals surface area contributed by atoms with Gasteiger partial charge in [0.25, 0.3) is 0 Å². The van der Waals surface area contributed by atoms with Crippen LogP contribution < -0.4 is 5.73 Å². The fourth-order valence-electron chi connectivity index (χ4n) is 1.91. The molecule has 1 aromatic carbocycles. The summed E-state index contributed by atoms with van der Waals surface area (Å²) in [5.41, 5.74) is 5.20. The number of benzene rings is 1. The number of sulfonamides is 1. The highest BCUT2D eigenvalue weighted by Crippen LogP contribution is 2.25. The number of likely N-dealkylation sites (N-methyl/N-ethyl adjacent to an activating group) is 1. The molecule has 2 N–H and O–H groups in total. The first-order valence-corrected chi connectivity index (χ1v) is 7.09. The molecular weight excluding hydrogens is 257 g/mol. The maximum absolute atomic E-state index is 13.3. The van der Waals surface area contributed by atoms with Crippen LogP contribution in [0.1, 0.15) is 0 Å². The van der Waals surface area contributed by atoms with Crippen molar-refractivity contribution in [1.29, 1.82) is 0 Å². The highest BCUT2D eigenvalue weighted by Gasteiger charge is 2.29. The molecule has 1 fully saturated rings. The summed E-state index contributed by atoms with van der Waals surface area (Å²) in [5, 5.41) is 0. The highest BCUT2D eigenvalue weighted by molar-refractivity contribution is 7.89. The topological polar surface area (TPSA) is 66.6 Å². The van der Waals surface area contributed by atoms with Crippen LogP contribution in [0.3, 0.4) is 0 Å². The Balaban J connectivity index is 2.34. The Labute approximate surface area is 106 Å². The number of anilines is 1. The van der Waals surface area contributed by atoms with E-state index in [9.17, 15) is 12.8 Å². The molecule has 1 aliphatic rings. The first-order chi connectivity index (χ1) is 8.43. The Morgan fingerprint density at radius 1 is 1.22 bits per heavy atom. The van der Waals surface area contributed by atoms with Gasteiger partial charge in [0, 0.05) is 26.2 Å². The number of hydrogen-bond acceptors (Lipinski definition) is 4. The Kier molecular flexibility index (Phi) is 3.56. The third-order valence-corrected chi connectivity index (χ3v) is 5.05. The van der Waals surface area contributed by atoms with Crippen LogP contribution in [0.15, 0.2) is 23.1 Å². The molecule has 5 nitrogen and oxygen atoms in total. The molecule has 100 valence electrons. The largest absolute Gasteiger partial charge is 0.395 e. The maximum Gasteiger partial charge on any atom is 0.245 e. The molecule has 18 heavy (non-hydrogen) atoms. The zero-order valence-electron chi connectivity index (χ0n) is 10.1. The van der Waals surface area contributed by atoms with E-state index < -0.39 is 15.8 Å². The van der Waals surface area contributed by atoms with Crippen molar-refractivity contribution < 1.29 is 12.8 Å². The molecule has 2 rings (SSSR count). The molecule has 0 saturated carbocycles. The summed E-state index contributed by atoms with van der Waals surface area (Å²) in [6.07, 6.45) is 0. The van der Waals surface area contributed by atoms with Crippen LogP contribution in [0, 0.1) is 5.82 Å². The van der Waals surface area contributed by atoms with Crippen LogP contribution in [0.2, 0.25) is 0 Å². The van der Waals surface area contributed by atoms with Gasteiger partial charge in [-0.25, -0.2) is 12.8 Å². The van der Waals surface area contributed by atoms with E-state index in [-0.39, 0.29) is 10.6 Å². The van der Waals surface area contributed by atoms with Crippen molar-refractivity contribution in [1.82, 2.24) is 9.21 Å². The number of para-hydroxylation sites is 1. The van der Waals surface area contributed by atoms with Gasteiger partial charge in [0.05, 0.1) is 5.69 Å². The monoisotopic (exact) mass is 273 g/mol. The van der Waals surface area contributed by atoms with Gasteiger partial charge in [0.1, 0.15) is 10.7 Å². The van der Waals surface area contributed by atoms with E-state index in [2.05, 4.69) is 0 Å². The number of nitrogens with zero attached hydrogens (tertiary/aromatic N) is 2. The van der Waals surface area contributed by atoms with E-state index in [0.29, 0.717) is 26.2 Å². The molecule has 0 unspecified atom stereocenters. The second-order valence-electron chi connectivity index (χ2n) is 4.36. The average Bonchev–Trinajstić information content (AvgIpc) is 2.33. The second-order valence-corrected chi connectivity index (χ2v) is 6.27. The van der Waals surface area contributed by atoms with Gasteiger partial charge in [-0.05, 0) is 19.2 Å². The van der Waals surface area contributed by atoms with Crippen molar-refractivity contribution in [2.45, 2.75) is 4.90 Å². The Morgan fingerprint density at radius 2 is 1.83 bits per heavy atom. The molecule has 0 aliphatic carbocycles. The smallest absolute Gasteiger partial charge is 0.245 e. The van der Waals surface area contributed by atoms with Crippen molar-refractivity contribution in [3.63, 3.8) is 0 Å². The zero-order chi connectivity index (χ0) is 13.3. The first-order valence-electron chi connectivity index (χ1n) is 5.65. The van der Waals surface area contributed by atoms with Gasteiger partial charge in [-0.3, -0.25) is 0 Å². The number of hydrogen-bond donors (Lipinski definition) is 1. The van der Waals surface area contributed by atoms with Crippen molar-refractivity contribution in [2.24, 2.45) is 0 Å². The van der Waals surface area contributed by atoms with E-state index in [1.54, 1.807) is 0 Å². The first kappa shape index (κ1) is 13.3. The normalized spacial score (nSPS) is 19.0. The molecule has 0 amide bonds. The van der Waals surface area contributed by atoms with E-state index in [1.807, 2.05) is 11.9 Å². The van der Waals surface area contributed by atoms with Crippen LogP contribution in [0.4, 0.5) is 10.1 Å². The molecule has 0 aromatic heterocycles. The third kappa shape index (κ3) is 2.33. The summed E-state index contributed by atoms with van der Waals surface area (Å²) in [5.74, 6) is -0.704. The predicted molar refractivity (Wildman–Crippen MR) is 67.1 cm³/mol. The number of halogens is 1. The van der Waals surface area contributed by atoms with Crippen molar-refractivity contribution >= 4 is 15.7 Å². The van der Waals surface area contributed by atoms with Crippen molar-refractivity contribution in [3.05, 3.63) is 24.0 Å². The maximum atomic E-state index is 13.3. The third-order valence-electron chi connectivity index (χ3n) is 3.09. The van der Waals surface area contributed by atoms with Crippen LogP contribution in [0.5, 0.6) is 0 Å². The summed E-state index contributed by atoms with van der Waals surface area (Å²) in [6, 6.07) is 3.85. The molecule has 0 radical (unpaired) electrons. The van der Waals surface area contributed by atoms with Crippen LogP contribution in [-0.2, 0) is 10.0 Å². The molecule has 1 saturated heterocycles. The lowest BCUT2D eigenvalue weighted by molar-refractivity contribution is 0.222. The number of nitrogens with two attached hydrogens (primary N) is 1. The molecular formula is C11H16FN3O2S. The molecule has 0 bridgehead atoms. The van der Waals surface area contributed by atoms with E-state index in [0.717, 1.165) is 6.07 Å². The van der Waals surface area contributed by atoms with Gasteiger partial charge in [0.15, 0.2) is 0 Å². The molecule has 7 heteroatoms.